The highest BCUT2D eigenvalue weighted by Gasteiger charge is 2.38. The lowest BCUT2D eigenvalue weighted by atomic mass is 9.86. The lowest BCUT2D eigenvalue weighted by Gasteiger charge is -2.20. The standard InChI is InChI=1S/C16H11Cl2F4N3S/c17-16(18,22)26-13-7-25(12-4-2-1-3-11(12)13)10-14(8-23,9-24)5-6-15(19,20)21/h1-4,7H,5-6,10H2. The predicted octanol–water partition coefficient (Wildman–Crippen LogP) is 6.17. The highest BCUT2D eigenvalue weighted by Crippen LogP contribution is 2.45. The molecular weight excluding hydrogens is 413 g/mol. The minimum Gasteiger partial charge on any atom is -0.344 e. The van der Waals surface area contributed by atoms with E-state index in [4.69, 9.17) is 23.2 Å². The lowest BCUT2D eigenvalue weighted by Crippen LogP contribution is -2.25. The summed E-state index contributed by atoms with van der Waals surface area (Å²) >= 11 is 11.3. The Bertz CT molecular complexity index is 861. The van der Waals surface area contributed by atoms with Crippen molar-refractivity contribution >= 4 is 45.9 Å². The number of alkyl halides is 6. The minimum atomic E-state index is -4.48. The fraction of sp³-hybridized carbons (Fsp3) is 0.375. The molecule has 26 heavy (non-hydrogen) atoms. The number of nitrogens with zero attached hydrogens (tertiary/aromatic N) is 3. The van der Waals surface area contributed by atoms with Gasteiger partial charge in [0, 0.05) is 28.4 Å². The summed E-state index contributed by atoms with van der Waals surface area (Å²) in [6, 6.07) is 10.0. The number of rotatable bonds is 6. The first-order chi connectivity index (χ1) is 12.0. The van der Waals surface area contributed by atoms with E-state index >= 15 is 0 Å². The Morgan fingerprint density at radius 2 is 1.65 bits per heavy atom. The van der Waals surface area contributed by atoms with Crippen LogP contribution in [0.25, 0.3) is 10.9 Å². The second kappa shape index (κ2) is 7.56. The van der Waals surface area contributed by atoms with Crippen LogP contribution in [0.5, 0.6) is 0 Å². The fourth-order valence-corrected chi connectivity index (χ4v) is 3.69. The van der Waals surface area contributed by atoms with Crippen molar-refractivity contribution in [1.29, 1.82) is 10.5 Å². The quantitative estimate of drug-likeness (QED) is 0.317. The van der Waals surface area contributed by atoms with E-state index < -0.39 is 28.4 Å². The van der Waals surface area contributed by atoms with E-state index in [1.165, 1.54) is 10.8 Å². The number of benzene rings is 1. The normalized spacial score (nSPS) is 12.8. The third-order valence-electron chi connectivity index (χ3n) is 3.68. The van der Waals surface area contributed by atoms with E-state index in [0.29, 0.717) is 27.6 Å². The zero-order valence-corrected chi connectivity index (χ0v) is 15.4. The molecule has 0 atom stereocenters. The molecule has 2 rings (SSSR count). The van der Waals surface area contributed by atoms with Crippen molar-refractivity contribution < 1.29 is 17.6 Å². The van der Waals surface area contributed by atoms with Gasteiger partial charge in [-0.2, -0.15) is 28.1 Å². The average molecular weight is 424 g/mol. The molecule has 0 aliphatic heterocycles. The molecule has 0 amide bonds. The second-order valence-corrected chi connectivity index (χ2v) is 8.50. The van der Waals surface area contributed by atoms with Crippen LogP contribution in [0, 0.1) is 28.1 Å². The van der Waals surface area contributed by atoms with Crippen molar-refractivity contribution in [3.8, 4) is 12.1 Å². The number of halogens is 6. The molecule has 1 aromatic heterocycles. The maximum atomic E-state index is 13.6. The van der Waals surface area contributed by atoms with Crippen LogP contribution in [0.2, 0.25) is 0 Å². The van der Waals surface area contributed by atoms with E-state index in [2.05, 4.69) is 0 Å². The monoisotopic (exact) mass is 423 g/mol. The predicted molar refractivity (Wildman–Crippen MR) is 92.3 cm³/mol. The Morgan fingerprint density at radius 1 is 1.04 bits per heavy atom. The molecule has 0 aliphatic rings. The van der Waals surface area contributed by atoms with Crippen LogP contribution in [-0.4, -0.2) is 14.7 Å². The molecule has 138 valence electrons. The molecule has 3 nitrogen and oxygen atoms in total. The molecule has 1 aromatic carbocycles. The zero-order valence-electron chi connectivity index (χ0n) is 13.0. The molecule has 0 unspecified atom stereocenters. The van der Waals surface area contributed by atoms with Crippen molar-refractivity contribution in [1.82, 2.24) is 4.57 Å². The summed E-state index contributed by atoms with van der Waals surface area (Å²) in [5, 5.41) is 19.2. The molecule has 0 fully saturated rings. The maximum absolute atomic E-state index is 13.6. The van der Waals surface area contributed by atoms with Gasteiger partial charge in [0.05, 0.1) is 18.7 Å². The molecule has 0 bridgehead atoms. The van der Waals surface area contributed by atoms with E-state index in [0.717, 1.165) is 0 Å². The number of thioether (sulfide) groups is 1. The van der Waals surface area contributed by atoms with E-state index in [-0.39, 0.29) is 6.54 Å². The highest BCUT2D eigenvalue weighted by molar-refractivity contribution is 8.03. The van der Waals surface area contributed by atoms with Gasteiger partial charge in [-0.25, -0.2) is 0 Å². The SMILES string of the molecule is N#CC(C#N)(CCC(F)(F)F)Cn1cc(SC(F)(Cl)Cl)c2ccccc21. The largest absolute Gasteiger partial charge is 0.389 e. The van der Waals surface area contributed by atoms with Gasteiger partial charge >= 0.3 is 10.1 Å². The van der Waals surface area contributed by atoms with Gasteiger partial charge in [0.2, 0.25) is 0 Å². The molecule has 0 aliphatic carbocycles. The number of fused-ring (bicyclic) bond motifs is 1. The number of hydrogen-bond acceptors (Lipinski definition) is 3. The van der Waals surface area contributed by atoms with Crippen LogP contribution in [0.1, 0.15) is 12.8 Å². The Balaban J connectivity index is 2.43. The molecule has 0 spiro atoms. The topological polar surface area (TPSA) is 52.5 Å². The maximum Gasteiger partial charge on any atom is 0.389 e. The lowest BCUT2D eigenvalue weighted by molar-refractivity contribution is -0.138. The van der Waals surface area contributed by atoms with Gasteiger partial charge < -0.3 is 4.57 Å². The molecule has 0 N–H and O–H groups in total. The van der Waals surface area contributed by atoms with Crippen molar-refractivity contribution in [2.75, 3.05) is 0 Å². The van der Waals surface area contributed by atoms with Gasteiger partial charge in [0.25, 0.3) is 0 Å². The van der Waals surface area contributed by atoms with Crippen molar-refractivity contribution in [2.24, 2.45) is 5.41 Å². The number of para-hydroxylation sites is 1. The Labute approximate surface area is 161 Å². The second-order valence-electron chi connectivity index (χ2n) is 5.61. The van der Waals surface area contributed by atoms with Crippen LogP contribution < -0.4 is 0 Å². The van der Waals surface area contributed by atoms with Crippen LogP contribution >= 0.6 is 35.0 Å². The number of aromatic nitrogens is 1. The minimum absolute atomic E-state index is 0.305. The molecule has 0 saturated carbocycles. The van der Waals surface area contributed by atoms with E-state index in [9.17, 15) is 28.1 Å². The first kappa shape index (κ1) is 20.7. The third-order valence-corrected chi connectivity index (χ3v) is 4.92. The van der Waals surface area contributed by atoms with Gasteiger partial charge in [-0.05, 0) is 12.5 Å². The summed E-state index contributed by atoms with van der Waals surface area (Å²) in [5.74, 6) is 0. The number of nitriles is 2. The molecule has 0 saturated heterocycles. The van der Waals surface area contributed by atoms with Crippen LogP contribution in [-0.2, 0) is 6.54 Å². The summed E-state index contributed by atoms with van der Waals surface area (Å²) in [5.41, 5.74) is -1.36. The van der Waals surface area contributed by atoms with Crippen molar-refractivity contribution in [3.05, 3.63) is 30.5 Å². The Morgan fingerprint density at radius 3 is 2.19 bits per heavy atom. The number of hydrogen-bond donors (Lipinski definition) is 0. The molecule has 10 heteroatoms. The summed E-state index contributed by atoms with van der Waals surface area (Å²) in [7, 11) is 0. The summed E-state index contributed by atoms with van der Waals surface area (Å²) in [4.78, 5) is 0.341. The first-order valence-electron chi connectivity index (χ1n) is 7.21. The molecule has 2 aromatic rings. The van der Waals surface area contributed by atoms with Gasteiger partial charge in [-0.15, -0.1) is 0 Å². The van der Waals surface area contributed by atoms with Gasteiger partial charge in [-0.3, -0.25) is 0 Å². The summed E-state index contributed by atoms with van der Waals surface area (Å²) < 4.78 is 50.1. The molecule has 0 radical (unpaired) electrons. The van der Waals surface area contributed by atoms with E-state index in [1.807, 2.05) is 0 Å². The average Bonchev–Trinajstić information content (AvgIpc) is 2.87. The van der Waals surface area contributed by atoms with Crippen molar-refractivity contribution in [2.45, 2.75) is 34.4 Å². The van der Waals surface area contributed by atoms with Gasteiger partial charge in [-0.1, -0.05) is 53.2 Å². The Hall–Kier alpha value is -1.61. The highest BCUT2D eigenvalue weighted by atomic mass is 35.5. The fourth-order valence-electron chi connectivity index (χ4n) is 2.48. The van der Waals surface area contributed by atoms with E-state index in [1.54, 1.807) is 36.4 Å². The van der Waals surface area contributed by atoms with Gasteiger partial charge in [0.15, 0.2) is 5.41 Å². The van der Waals surface area contributed by atoms with Crippen LogP contribution in [0.4, 0.5) is 17.6 Å². The zero-order chi connectivity index (χ0) is 19.6. The smallest absolute Gasteiger partial charge is 0.344 e. The third kappa shape index (κ3) is 5.20. The molecular formula is C16H11Cl2F4N3S. The van der Waals surface area contributed by atoms with Crippen molar-refractivity contribution in [3.63, 3.8) is 0 Å². The Kier molecular flexibility index (Phi) is 6.02. The first-order valence-corrected chi connectivity index (χ1v) is 8.79. The molecule has 1 heterocycles. The summed E-state index contributed by atoms with van der Waals surface area (Å²) in [6.45, 7) is -0.305. The van der Waals surface area contributed by atoms with Gasteiger partial charge in [0.1, 0.15) is 0 Å². The van der Waals surface area contributed by atoms with Crippen LogP contribution in [0.15, 0.2) is 35.4 Å². The van der Waals surface area contributed by atoms with Crippen LogP contribution in [0.3, 0.4) is 0 Å². The summed E-state index contributed by atoms with van der Waals surface area (Å²) in [6.07, 6.45) is -4.99.